The van der Waals surface area contributed by atoms with Crippen LogP contribution in [-0.4, -0.2) is 22.8 Å². The molecule has 7 nitrogen and oxygen atoms in total. The van der Waals surface area contributed by atoms with E-state index in [1.807, 2.05) is 12.1 Å². The maximum absolute atomic E-state index is 12.4. The summed E-state index contributed by atoms with van der Waals surface area (Å²) in [6.45, 7) is 1.64. The van der Waals surface area contributed by atoms with Gasteiger partial charge in [0.15, 0.2) is 0 Å². The van der Waals surface area contributed by atoms with Crippen LogP contribution in [0.5, 0.6) is 5.75 Å². The Balaban J connectivity index is 1.57. The number of ether oxygens (including phenoxy) is 1. The lowest BCUT2D eigenvalue weighted by molar-refractivity contribution is -0.131. The van der Waals surface area contributed by atoms with E-state index in [9.17, 15) is 14.4 Å². The Bertz CT molecular complexity index is 1020. The molecule has 0 aliphatic heterocycles. The number of nitrogens with one attached hydrogen (secondary N) is 2. The smallest absolute Gasteiger partial charge is 0.308 e. The molecular formula is C22H19N3O4. The van der Waals surface area contributed by atoms with Crippen molar-refractivity contribution in [3.8, 4) is 5.75 Å². The molecule has 0 atom stereocenters. The molecule has 29 heavy (non-hydrogen) atoms. The summed E-state index contributed by atoms with van der Waals surface area (Å²) < 4.78 is 4.99. The lowest BCUT2D eigenvalue weighted by Gasteiger charge is -2.09. The molecule has 0 unspecified atom stereocenters. The average molecular weight is 389 g/mol. The Morgan fingerprint density at radius 2 is 1.72 bits per heavy atom. The van der Waals surface area contributed by atoms with Crippen molar-refractivity contribution in [2.45, 2.75) is 13.5 Å². The van der Waals surface area contributed by atoms with Gasteiger partial charge in [-0.2, -0.15) is 0 Å². The topological polar surface area (TPSA) is 97.4 Å². The van der Waals surface area contributed by atoms with E-state index in [1.165, 1.54) is 13.0 Å². The van der Waals surface area contributed by atoms with E-state index in [1.54, 1.807) is 54.7 Å². The van der Waals surface area contributed by atoms with Crippen molar-refractivity contribution in [1.82, 2.24) is 10.3 Å². The molecule has 0 saturated carbocycles. The average Bonchev–Trinajstić information content (AvgIpc) is 2.73. The molecule has 3 aromatic rings. The maximum Gasteiger partial charge on any atom is 0.308 e. The number of carbonyl (C=O) groups is 3. The number of hydrogen-bond acceptors (Lipinski definition) is 5. The molecule has 2 aromatic carbocycles. The molecule has 0 spiro atoms. The van der Waals surface area contributed by atoms with Crippen LogP contribution in [0.3, 0.4) is 0 Å². The van der Waals surface area contributed by atoms with Crippen molar-refractivity contribution < 1.29 is 19.1 Å². The monoisotopic (exact) mass is 389 g/mol. The van der Waals surface area contributed by atoms with E-state index in [0.29, 0.717) is 29.2 Å². The highest BCUT2D eigenvalue weighted by Crippen LogP contribution is 2.16. The van der Waals surface area contributed by atoms with Gasteiger partial charge in [-0.3, -0.25) is 19.4 Å². The molecule has 2 amide bonds. The standard InChI is InChI=1S/C22H19N3O4/c1-15(26)29-19-6-4-5-17(13-19)21(27)25-18-10-8-16(9-11-18)14-24-22(28)20-7-2-3-12-23-20/h2-13H,14H2,1H3,(H,24,28)(H,25,27). The molecule has 0 aliphatic rings. The first kappa shape index (κ1) is 19.8. The minimum absolute atomic E-state index is 0.254. The highest BCUT2D eigenvalue weighted by molar-refractivity contribution is 6.04. The van der Waals surface area contributed by atoms with E-state index in [0.717, 1.165) is 5.56 Å². The lowest BCUT2D eigenvalue weighted by Crippen LogP contribution is -2.23. The molecule has 1 aromatic heterocycles. The van der Waals surface area contributed by atoms with E-state index < -0.39 is 5.97 Å². The summed E-state index contributed by atoms with van der Waals surface area (Å²) in [7, 11) is 0. The number of amides is 2. The van der Waals surface area contributed by atoms with Gasteiger partial charge >= 0.3 is 5.97 Å². The molecule has 0 radical (unpaired) electrons. The largest absolute Gasteiger partial charge is 0.427 e. The van der Waals surface area contributed by atoms with Crippen LogP contribution in [0.25, 0.3) is 0 Å². The van der Waals surface area contributed by atoms with Crippen LogP contribution < -0.4 is 15.4 Å². The Hall–Kier alpha value is -4.00. The zero-order chi connectivity index (χ0) is 20.6. The van der Waals surface area contributed by atoms with Crippen LogP contribution in [0.1, 0.15) is 33.3 Å². The molecule has 0 fully saturated rings. The predicted octanol–water partition coefficient (Wildman–Crippen LogP) is 3.19. The van der Waals surface area contributed by atoms with Crippen LogP contribution in [0.4, 0.5) is 5.69 Å². The van der Waals surface area contributed by atoms with Crippen LogP contribution in [-0.2, 0) is 11.3 Å². The van der Waals surface area contributed by atoms with Crippen molar-refractivity contribution in [2.75, 3.05) is 5.32 Å². The molecule has 0 bridgehead atoms. The predicted molar refractivity (Wildman–Crippen MR) is 108 cm³/mol. The van der Waals surface area contributed by atoms with Gasteiger partial charge in [0.05, 0.1) is 0 Å². The Labute approximate surface area is 167 Å². The van der Waals surface area contributed by atoms with Gasteiger partial charge in [0.2, 0.25) is 0 Å². The number of carbonyl (C=O) groups excluding carboxylic acids is 3. The second-order valence-corrected chi connectivity index (χ2v) is 6.17. The number of nitrogens with zero attached hydrogens (tertiary/aromatic N) is 1. The van der Waals surface area contributed by atoms with E-state index >= 15 is 0 Å². The van der Waals surface area contributed by atoms with E-state index in [2.05, 4.69) is 15.6 Å². The summed E-state index contributed by atoms with van der Waals surface area (Å²) in [5.41, 5.74) is 2.21. The summed E-state index contributed by atoms with van der Waals surface area (Å²) >= 11 is 0. The molecule has 1 heterocycles. The SMILES string of the molecule is CC(=O)Oc1cccc(C(=O)Nc2ccc(CNC(=O)c3ccccn3)cc2)c1. The molecule has 7 heteroatoms. The number of anilines is 1. The summed E-state index contributed by atoms with van der Waals surface area (Å²) in [4.78, 5) is 39.5. The minimum Gasteiger partial charge on any atom is -0.427 e. The highest BCUT2D eigenvalue weighted by Gasteiger charge is 2.09. The number of rotatable bonds is 6. The van der Waals surface area contributed by atoms with Gasteiger partial charge in [-0.1, -0.05) is 24.3 Å². The fraction of sp³-hybridized carbons (Fsp3) is 0.0909. The van der Waals surface area contributed by atoms with Gasteiger partial charge in [0, 0.05) is 30.9 Å². The van der Waals surface area contributed by atoms with Gasteiger partial charge in [0.1, 0.15) is 11.4 Å². The first-order valence-electron chi connectivity index (χ1n) is 8.89. The third-order valence-corrected chi connectivity index (χ3v) is 3.92. The van der Waals surface area contributed by atoms with Crippen LogP contribution >= 0.6 is 0 Å². The number of esters is 1. The Morgan fingerprint density at radius 1 is 0.931 bits per heavy atom. The van der Waals surface area contributed by atoms with Gasteiger partial charge < -0.3 is 15.4 Å². The number of pyridine rings is 1. The van der Waals surface area contributed by atoms with Crippen LogP contribution in [0.15, 0.2) is 72.9 Å². The van der Waals surface area contributed by atoms with Gasteiger partial charge in [-0.05, 0) is 48.0 Å². The molecule has 0 aliphatic carbocycles. The fourth-order valence-corrected chi connectivity index (χ4v) is 2.55. The molecular weight excluding hydrogens is 370 g/mol. The maximum atomic E-state index is 12.4. The summed E-state index contributed by atoms with van der Waals surface area (Å²) in [6.07, 6.45) is 1.56. The normalized spacial score (nSPS) is 10.1. The lowest BCUT2D eigenvalue weighted by atomic mass is 10.1. The van der Waals surface area contributed by atoms with E-state index in [-0.39, 0.29) is 11.8 Å². The Kier molecular flexibility index (Phi) is 6.32. The first-order chi connectivity index (χ1) is 14.0. The molecule has 2 N–H and O–H groups in total. The minimum atomic E-state index is -0.451. The third-order valence-electron chi connectivity index (χ3n) is 3.92. The fourth-order valence-electron chi connectivity index (χ4n) is 2.55. The quantitative estimate of drug-likeness (QED) is 0.498. The Morgan fingerprint density at radius 3 is 2.41 bits per heavy atom. The number of benzene rings is 2. The summed E-state index contributed by atoms with van der Waals surface area (Å²) in [5.74, 6) is -0.719. The number of aromatic nitrogens is 1. The number of hydrogen-bond donors (Lipinski definition) is 2. The molecule has 146 valence electrons. The van der Waals surface area contributed by atoms with Crippen LogP contribution in [0.2, 0.25) is 0 Å². The summed E-state index contributed by atoms with van der Waals surface area (Å²) in [6, 6.07) is 18.6. The van der Waals surface area contributed by atoms with Gasteiger partial charge in [-0.15, -0.1) is 0 Å². The highest BCUT2D eigenvalue weighted by atomic mass is 16.5. The van der Waals surface area contributed by atoms with Crippen molar-refractivity contribution in [2.24, 2.45) is 0 Å². The van der Waals surface area contributed by atoms with Crippen LogP contribution in [0, 0.1) is 0 Å². The zero-order valence-corrected chi connectivity index (χ0v) is 15.7. The molecule has 0 saturated heterocycles. The van der Waals surface area contributed by atoms with Crippen molar-refractivity contribution in [3.63, 3.8) is 0 Å². The second kappa shape index (κ2) is 9.27. The van der Waals surface area contributed by atoms with E-state index in [4.69, 9.17) is 4.74 Å². The summed E-state index contributed by atoms with van der Waals surface area (Å²) in [5, 5.41) is 5.57. The van der Waals surface area contributed by atoms with Crippen molar-refractivity contribution in [1.29, 1.82) is 0 Å². The third kappa shape index (κ3) is 5.74. The van der Waals surface area contributed by atoms with Crippen molar-refractivity contribution >= 4 is 23.5 Å². The van der Waals surface area contributed by atoms with Crippen molar-refractivity contribution in [3.05, 3.63) is 89.7 Å². The van der Waals surface area contributed by atoms with Gasteiger partial charge in [0.25, 0.3) is 11.8 Å². The first-order valence-corrected chi connectivity index (χ1v) is 8.89. The molecule has 3 rings (SSSR count). The second-order valence-electron chi connectivity index (χ2n) is 6.17. The zero-order valence-electron chi connectivity index (χ0n) is 15.7. The van der Waals surface area contributed by atoms with Gasteiger partial charge in [-0.25, -0.2) is 0 Å².